The molecule has 0 fully saturated rings. The molecule has 1 atom stereocenters. The molecular weight excluding hydrogens is 198 g/mol. The number of hydrogen-bond acceptors (Lipinski definition) is 2. The van der Waals surface area contributed by atoms with Crippen LogP contribution in [0.4, 0.5) is 0 Å². The Kier molecular flexibility index (Phi) is 4.81. The first-order valence-electron chi connectivity index (χ1n) is 5.97. The van der Waals surface area contributed by atoms with Crippen LogP contribution in [-0.2, 0) is 6.42 Å². The molecule has 0 saturated carbocycles. The summed E-state index contributed by atoms with van der Waals surface area (Å²) in [7, 11) is 1.70. The Labute approximate surface area is 98.8 Å². The highest BCUT2D eigenvalue weighted by molar-refractivity contribution is 5.37. The Morgan fingerprint density at radius 2 is 1.94 bits per heavy atom. The molecule has 0 aromatic heterocycles. The van der Waals surface area contributed by atoms with E-state index in [4.69, 9.17) is 10.5 Å². The van der Waals surface area contributed by atoms with Crippen molar-refractivity contribution in [2.45, 2.75) is 39.7 Å². The minimum Gasteiger partial charge on any atom is -0.497 e. The first-order chi connectivity index (χ1) is 7.54. The molecular formula is C14H23NO. The molecule has 0 aliphatic rings. The smallest absolute Gasteiger partial charge is 0.119 e. The summed E-state index contributed by atoms with van der Waals surface area (Å²) in [5.41, 5.74) is 8.53. The molecule has 2 nitrogen and oxygen atoms in total. The summed E-state index contributed by atoms with van der Waals surface area (Å²) in [6.45, 7) is 6.51. The van der Waals surface area contributed by atoms with Crippen molar-refractivity contribution in [3.05, 3.63) is 29.3 Å². The van der Waals surface area contributed by atoms with E-state index in [1.54, 1.807) is 7.11 Å². The summed E-state index contributed by atoms with van der Waals surface area (Å²) in [4.78, 5) is 0. The molecule has 16 heavy (non-hydrogen) atoms. The van der Waals surface area contributed by atoms with Gasteiger partial charge in [-0.15, -0.1) is 0 Å². The second-order valence-electron chi connectivity index (χ2n) is 4.79. The maximum Gasteiger partial charge on any atom is 0.119 e. The maximum atomic E-state index is 5.97. The van der Waals surface area contributed by atoms with Crippen LogP contribution in [0.3, 0.4) is 0 Å². The van der Waals surface area contributed by atoms with Gasteiger partial charge in [-0.25, -0.2) is 0 Å². The molecule has 0 aliphatic carbocycles. The molecule has 0 aliphatic heterocycles. The fraction of sp³-hybridized carbons (Fsp3) is 0.571. The predicted molar refractivity (Wildman–Crippen MR) is 68.8 cm³/mol. The van der Waals surface area contributed by atoms with Gasteiger partial charge >= 0.3 is 0 Å². The molecule has 0 amide bonds. The number of ether oxygens (including phenoxy) is 1. The molecule has 90 valence electrons. The molecule has 1 unspecified atom stereocenters. The Hall–Kier alpha value is -1.02. The molecule has 1 aromatic carbocycles. The van der Waals surface area contributed by atoms with Crippen LogP contribution in [0.2, 0.25) is 0 Å². The van der Waals surface area contributed by atoms with Crippen molar-refractivity contribution in [3.63, 3.8) is 0 Å². The van der Waals surface area contributed by atoms with Gasteiger partial charge < -0.3 is 10.5 Å². The lowest BCUT2D eigenvalue weighted by Gasteiger charge is -2.15. The summed E-state index contributed by atoms with van der Waals surface area (Å²) >= 11 is 0. The lowest BCUT2D eigenvalue weighted by atomic mass is 9.95. The van der Waals surface area contributed by atoms with E-state index < -0.39 is 0 Å². The second-order valence-corrected chi connectivity index (χ2v) is 4.79. The van der Waals surface area contributed by atoms with Gasteiger partial charge in [-0.2, -0.15) is 0 Å². The van der Waals surface area contributed by atoms with E-state index in [9.17, 15) is 0 Å². The Morgan fingerprint density at radius 3 is 2.44 bits per heavy atom. The number of benzene rings is 1. The number of rotatable bonds is 5. The minimum atomic E-state index is 0.0908. The van der Waals surface area contributed by atoms with Crippen LogP contribution < -0.4 is 10.5 Å². The number of nitrogens with two attached hydrogens (primary N) is 1. The van der Waals surface area contributed by atoms with Gasteiger partial charge in [-0.05, 0) is 48.9 Å². The highest BCUT2D eigenvalue weighted by Gasteiger charge is 2.08. The van der Waals surface area contributed by atoms with Gasteiger partial charge in [0, 0.05) is 6.04 Å². The average molecular weight is 221 g/mol. The van der Waals surface area contributed by atoms with Crippen molar-refractivity contribution in [2.75, 3.05) is 7.11 Å². The molecule has 1 rings (SSSR count). The van der Waals surface area contributed by atoms with E-state index >= 15 is 0 Å². The zero-order valence-electron chi connectivity index (χ0n) is 10.8. The Bertz CT molecular complexity index is 332. The lowest BCUT2D eigenvalue weighted by molar-refractivity contribution is 0.413. The monoisotopic (exact) mass is 221 g/mol. The lowest BCUT2D eigenvalue weighted by Crippen LogP contribution is -2.09. The van der Waals surface area contributed by atoms with Gasteiger partial charge in [0.05, 0.1) is 7.11 Å². The first kappa shape index (κ1) is 13.0. The first-order valence-corrected chi connectivity index (χ1v) is 5.97. The van der Waals surface area contributed by atoms with Crippen molar-refractivity contribution < 1.29 is 4.74 Å². The van der Waals surface area contributed by atoms with Gasteiger partial charge in [0.1, 0.15) is 5.75 Å². The summed E-state index contributed by atoms with van der Waals surface area (Å²) in [5, 5.41) is 0. The fourth-order valence-corrected chi connectivity index (χ4v) is 1.81. The minimum absolute atomic E-state index is 0.0908. The Balaban J connectivity index is 2.91. The highest BCUT2D eigenvalue weighted by atomic mass is 16.5. The van der Waals surface area contributed by atoms with Gasteiger partial charge in [0.2, 0.25) is 0 Å². The molecule has 1 aromatic rings. The van der Waals surface area contributed by atoms with Crippen LogP contribution in [0, 0.1) is 5.92 Å². The standard InChI is InChI=1S/C14H23NO/c1-10(2)5-6-12-9-13(16-4)7-8-14(12)11(3)15/h7-11H,5-6,15H2,1-4H3. The number of hydrogen-bond donors (Lipinski definition) is 1. The van der Waals surface area contributed by atoms with Crippen molar-refractivity contribution in [3.8, 4) is 5.75 Å². The van der Waals surface area contributed by atoms with Gasteiger partial charge in [0.15, 0.2) is 0 Å². The summed E-state index contributed by atoms with van der Waals surface area (Å²) in [6.07, 6.45) is 2.26. The van der Waals surface area contributed by atoms with E-state index in [-0.39, 0.29) is 6.04 Å². The van der Waals surface area contributed by atoms with Crippen molar-refractivity contribution in [1.82, 2.24) is 0 Å². The zero-order chi connectivity index (χ0) is 12.1. The van der Waals surface area contributed by atoms with Crippen LogP contribution in [0.25, 0.3) is 0 Å². The third-order valence-electron chi connectivity index (χ3n) is 2.83. The SMILES string of the molecule is COc1ccc(C(C)N)c(CCC(C)C)c1. The van der Waals surface area contributed by atoms with Gasteiger partial charge in [0.25, 0.3) is 0 Å². The van der Waals surface area contributed by atoms with Gasteiger partial charge in [-0.1, -0.05) is 19.9 Å². The van der Waals surface area contributed by atoms with Crippen LogP contribution in [0.1, 0.15) is 44.4 Å². The predicted octanol–water partition coefficient (Wildman–Crippen LogP) is 3.30. The van der Waals surface area contributed by atoms with Crippen molar-refractivity contribution >= 4 is 0 Å². The summed E-state index contributed by atoms with van der Waals surface area (Å²) < 4.78 is 5.26. The molecule has 0 saturated heterocycles. The Morgan fingerprint density at radius 1 is 1.25 bits per heavy atom. The molecule has 2 N–H and O–H groups in total. The second kappa shape index (κ2) is 5.90. The van der Waals surface area contributed by atoms with E-state index in [1.165, 1.54) is 17.5 Å². The van der Waals surface area contributed by atoms with Crippen LogP contribution >= 0.6 is 0 Å². The molecule has 2 heteroatoms. The maximum absolute atomic E-state index is 5.97. The normalized spacial score (nSPS) is 12.9. The van der Waals surface area contributed by atoms with Crippen molar-refractivity contribution in [1.29, 1.82) is 0 Å². The molecule has 0 heterocycles. The summed E-state index contributed by atoms with van der Waals surface area (Å²) in [5.74, 6) is 1.63. The van der Waals surface area contributed by atoms with Crippen LogP contribution in [0.5, 0.6) is 5.75 Å². The molecule has 0 bridgehead atoms. The largest absolute Gasteiger partial charge is 0.497 e. The average Bonchev–Trinajstić information content (AvgIpc) is 2.25. The topological polar surface area (TPSA) is 35.2 Å². The van der Waals surface area contributed by atoms with E-state index in [2.05, 4.69) is 26.0 Å². The number of aryl methyl sites for hydroxylation is 1. The molecule has 0 radical (unpaired) electrons. The van der Waals surface area contributed by atoms with E-state index in [0.29, 0.717) is 5.92 Å². The third-order valence-corrected chi connectivity index (χ3v) is 2.83. The third kappa shape index (κ3) is 3.53. The molecule has 0 spiro atoms. The van der Waals surface area contributed by atoms with E-state index in [1.807, 2.05) is 13.0 Å². The highest BCUT2D eigenvalue weighted by Crippen LogP contribution is 2.24. The zero-order valence-corrected chi connectivity index (χ0v) is 10.8. The van der Waals surface area contributed by atoms with Gasteiger partial charge in [-0.3, -0.25) is 0 Å². The quantitative estimate of drug-likeness (QED) is 0.828. The van der Waals surface area contributed by atoms with Crippen molar-refractivity contribution in [2.24, 2.45) is 11.7 Å². The van der Waals surface area contributed by atoms with E-state index in [0.717, 1.165) is 12.2 Å². The summed E-state index contributed by atoms with van der Waals surface area (Å²) in [6, 6.07) is 6.27. The van der Waals surface area contributed by atoms with Crippen LogP contribution in [0.15, 0.2) is 18.2 Å². The van der Waals surface area contributed by atoms with Crippen LogP contribution in [-0.4, -0.2) is 7.11 Å². The number of methoxy groups -OCH3 is 1. The fourth-order valence-electron chi connectivity index (χ4n) is 1.81.